The van der Waals surface area contributed by atoms with Crippen molar-refractivity contribution in [3.63, 3.8) is 0 Å². The van der Waals surface area contributed by atoms with E-state index in [2.05, 4.69) is 10.3 Å². The number of anilines is 2. The second-order valence-corrected chi connectivity index (χ2v) is 9.41. The molecule has 0 bridgehead atoms. The monoisotopic (exact) mass is 592 g/mol. The van der Waals surface area contributed by atoms with E-state index in [0.717, 1.165) is 21.1 Å². The van der Waals surface area contributed by atoms with Crippen molar-refractivity contribution >= 4 is 58.6 Å². The van der Waals surface area contributed by atoms with Crippen LogP contribution in [-0.4, -0.2) is 102 Å². The summed E-state index contributed by atoms with van der Waals surface area (Å²) in [6.45, 7) is 11.4. The lowest BCUT2D eigenvalue weighted by atomic mass is 10.1. The molecule has 1 fully saturated rings. The average molecular weight is 593 g/mol. The number of rotatable bonds is 14. The fraction of sp³-hybridized carbons (Fsp3) is 0.593. The lowest BCUT2D eigenvalue weighted by Gasteiger charge is -2.42. The van der Waals surface area contributed by atoms with Gasteiger partial charge >= 0.3 is 18.0 Å². The zero-order valence-electron chi connectivity index (χ0n) is 24.6. The fourth-order valence-electron chi connectivity index (χ4n) is 4.26. The zero-order valence-corrected chi connectivity index (χ0v) is 25.4. The molecule has 2 heterocycles. The molecule has 0 aliphatic carbocycles. The summed E-state index contributed by atoms with van der Waals surface area (Å²) in [6, 6.07) is 0.822. The van der Waals surface area contributed by atoms with Gasteiger partial charge in [0.25, 0.3) is 11.8 Å². The summed E-state index contributed by atoms with van der Waals surface area (Å²) in [5.41, 5.74) is 0.601. The van der Waals surface area contributed by atoms with E-state index in [9.17, 15) is 24.0 Å². The van der Waals surface area contributed by atoms with Crippen LogP contribution in [0.2, 0.25) is 0 Å². The van der Waals surface area contributed by atoms with Gasteiger partial charge in [-0.05, 0) is 65.4 Å². The predicted octanol–water partition coefficient (Wildman–Crippen LogP) is 2.00. The SMILES string of the molecule is CCCCNC(=O)N(c1ccc(N(CC)CC)nc1C)C1C(=O)N(CC(=O)OCC)C(=S)N(CC(=O)OCC)C1=O. The van der Waals surface area contributed by atoms with Crippen LogP contribution in [0.4, 0.5) is 16.3 Å². The normalized spacial score (nSPS) is 13.8. The molecule has 0 saturated carbocycles. The maximum Gasteiger partial charge on any atom is 0.326 e. The molecule has 0 aromatic carbocycles. The Kier molecular flexibility index (Phi) is 12.9. The molecule has 41 heavy (non-hydrogen) atoms. The number of nitrogens with zero attached hydrogens (tertiary/aromatic N) is 5. The fourth-order valence-corrected chi connectivity index (χ4v) is 4.57. The Hall–Kier alpha value is -3.81. The molecule has 0 spiro atoms. The summed E-state index contributed by atoms with van der Waals surface area (Å²) < 4.78 is 9.99. The Morgan fingerprint density at radius 2 is 1.49 bits per heavy atom. The Labute approximate surface area is 246 Å². The van der Waals surface area contributed by atoms with Crippen molar-refractivity contribution in [2.45, 2.75) is 60.4 Å². The smallest absolute Gasteiger partial charge is 0.326 e. The van der Waals surface area contributed by atoms with E-state index < -0.39 is 48.9 Å². The van der Waals surface area contributed by atoms with Crippen LogP contribution in [0.15, 0.2) is 12.1 Å². The first-order chi connectivity index (χ1) is 19.6. The van der Waals surface area contributed by atoms with Crippen LogP contribution in [0.25, 0.3) is 0 Å². The highest BCUT2D eigenvalue weighted by Gasteiger charge is 2.50. The van der Waals surface area contributed by atoms with E-state index in [-0.39, 0.29) is 24.0 Å². The van der Waals surface area contributed by atoms with Crippen LogP contribution in [0, 0.1) is 6.92 Å². The Balaban J connectivity index is 2.67. The summed E-state index contributed by atoms with van der Waals surface area (Å²) in [6.07, 6.45) is 1.47. The second-order valence-electron chi connectivity index (χ2n) is 9.05. The van der Waals surface area contributed by atoms with Crippen molar-refractivity contribution in [2.24, 2.45) is 0 Å². The summed E-state index contributed by atoms with van der Waals surface area (Å²) in [7, 11) is 0. The van der Waals surface area contributed by atoms with Crippen LogP contribution in [0.3, 0.4) is 0 Å². The number of aryl methyl sites for hydroxylation is 1. The van der Waals surface area contributed by atoms with Crippen molar-refractivity contribution in [2.75, 3.05) is 55.7 Å². The highest BCUT2D eigenvalue weighted by molar-refractivity contribution is 7.80. The zero-order chi connectivity index (χ0) is 30.7. The number of thiocarbonyl (C=S) groups is 1. The third-order valence-electron chi connectivity index (χ3n) is 6.32. The van der Waals surface area contributed by atoms with E-state index >= 15 is 0 Å². The quantitative estimate of drug-likeness (QED) is 0.148. The molecule has 226 valence electrons. The molecule has 0 unspecified atom stereocenters. The Morgan fingerprint density at radius 3 is 1.93 bits per heavy atom. The number of pyridine rings is 1. The van der Waals surface area contributed by atoms with Crippen LogP contribution >= 0.6 is 12.2 Å². The van der Waals surface area contributed by atoms with E-state index in [4.69, 9.17) is 21.7 Å². The predicted molar refractivity (Wildman–Crippen MR) is 156 cm³/mol. The molecule has 1 saturated heterocycles. The number of amides is 4. The topological polar surface area (TPSA) is 142 Å². The number of nitrogens with one attached hydrogen (secondary N) is 1. The maximum atomic E-state index is 13.9. The molecule has 2 rings (SSSR count). The molecule has 1 aromatic heterocycles. The number of ether oxygens (including phenoxy) is 2. The van der Waals surface area contributed by atoms with Gasteiger partial charge in [0, 0.05) is 19.6 Å². The minimum atomic E-state index is -1.79. The minimum absolute atomic E-state index is 0.0538. The first-order valence-corrected chi connectivity index (χ1v) is 14.2. The van der Waals surface area contributed by atoms with Gasteiger partial charge in [-0.1, -0.05) is 13.3 Å². The lowest BCUT2D eigenvalue weighted by molar-refractivity contribution is -0.153. The minimum Gasteiger partial charge on any atom is -0.465 e. The number of esters is 2. The van der Waals surface area contributed by atoms with E-state index in [1.165, 1.54) is 0 Å². The largest absolute Gasteiger partial charge is 0.465 e. The molecule has 4 amide bonds. The number of urea groups is 1. The van der Waals surface area contributed by atoms with Crippen molar-refractivity contribution in [3.8, 4) is 0 Å². The molecule has 13 nitrogen and oxygen atoms in total. The highest BCUT2D eigenvalue weighted by Crippen LogP contribution is 2.28. The maximum absolute atomic E-state index is 13.9. The van der Waals surface area contributed by atoms with E-state index in [0.29, 0.717) is 37.6 Å². The third-order valence-corrected chi connectivity index (χ3v) is 6.76. The summed E-state index contributed by atoms with van der Waals surface area (Å²) in [5.74, 6) is -2.70. The van der Waals surface area contributed by atoms with Gasteiger partial charge in [0.15, 0.2) is 11.2 Å². The molecular formula is C27H40N6O7S. The first kappa shape index (κ1) is 33.4. The number of carbonyl (C=O) groups excluding carboxylic acids is 5. The molecule has 14 heteroatoms. The molecule has 1 aliphatic rings. The third kappa shape index (κ3) is 8.12. The molecule has 1 N–H and O–H groups in total. The van der Waals surface area contributed by atoms with Crippen LogP contribution in [0.1, 0.15) is 53.2 Å². The molecular weight excluding hydrogens is 552 g/mol. The van der Waals surface area contributed by atoms with Crippen LogP contribution in [-0.2, 0) is 28.7 Å². The van der Waals surface area contributed by atoms with E-state index in [1.54, 1.807) is 32.9 Å². The van der Waals surface area contributed by atoms with Gasteiger partial charge in [-0.25, -0.2) is 9.78 Å². The van der Waals surface area contributed by atoms with Gasteiger partial charge in [0.2, 0.25) is 0 Å². The van der Waals surface area contributed by atoms with Crippen molar-refractivity contribution < 1.29 is 33.4 Å². The van der Waals surface area contributed by atoms with Crippen molar-refractivity contribution in [3.05, 3.63) is 17.8 Å². The summed E-state index contributed by atoms with van der Waals surface area (Å²) in [5, 5.41) is 2.40. The average Bonchev–Trinajstić information content (AvgIpc) is 2.93. The van der Waals surface area contributed by atoms with Crippen LogP contribution in [0.5, 0.6) is 0 Å². The molecule has 1 aromatic rings. The van der Waals surface area contributed by atoms with Crippen molar-refractivity contribution in [1.29, 1.82) is 0 Å². The molecule has 0 radical (unpaired) electrons. The Morgan fingerprint density at radius 1 is 0.951 bits per heavy atom. The second kappa shape index (κ2) is 15.8. The number of hydrogen-bond acceptors (Lipinski definition) is 10. The number of aromatic nitrogens is 1. The lowest BCUT2D eigenvalue weighted by Crippen LogP contribution is -2.69. The van der Waals surface area contributed by atoms with Crippen LogP contribution < -0.4 is 15.1 Å². The Bertz CT molecular complexity index is 1100. The van der Waals surface area contributed by atoms with E-state index in [1.807, 2.05) is 25.7 Å². The summed E-state index contributed by atoms with van der Waals surface area (Å²) in [4.78, 5) is 75.7. The van der Waals surface area contributed by atoms with Gasteiger partial charge in [-0.3, -0.25) is 33.9 Å². The standard InChI is InChI=1S/C27H40N6O7S/c1-7-12-15-28-26(38)33(19-13-14-20(29-18(19)6)30(8-2)9-3)23-24(36)31(16-21(34)39-10-4)27(41)32(25(23)37)17-22(35)40-11-5/h13-14,23H,7-12,15-17H2,1-6H3,(H,28,38). The van der Waals surface area contributed by atoms with Gasteiger partial charge in [0.05, 0.1) is 24.6 Å². The van der Waals surface area contributed by atoms with Gasteiger partial charge in [-0.15, -0.1) is 0 Å². The molecule has 1 aliphatic heterocycles. The van der Waals surface area contributed by atoms with Gasteiger partial charge in [0.1, 0.15) is 18.9 Å². The number of unbranched alkanes of at least 4 members (excludes halogenated alkanes) is 1. The number of hydrogen-bond donors (Lipinski definition) is 1. The van der Waals surface area contributed by atoms with Gasteiger partial charge in [-0.2, -0.15) is 0 Å². The van der Waals surface area contributed by atoms with Crippen molar-refractivity contribution in [1.82, 2.24) is 20.1 Å². The highest BCUT2D eigenvalue weighted by atomic mass is 32.1. The number of carbonyl (C=O) groups is 5. The first-order valence-electron chi connectivity index (χ1n) is 13.8. The van der Waals surface area contributed by atoms with Gasteiger partial charge < -0.3 is 19.7 Å². The molecule has 0 atom stereocenters. The summed E-state index contributed by atoms with van der Waals surface area (Å²) >= 11 is 5.37.